The van der Waals surface area contributed by atoms with Crippen LogP contribution in [0.3, 0.4) is 0 Å². The molecule has 4 rings (SSSR count). The van der Waals surface area contributed by atoms with Crippen molar-refractivity contribution in [1.29, 1.82) is 0 Å². The summed E-state index contributed by atoms with van der Waals surface area (Å²) in [7, 11) is 0. The maximum atomic E-state index is 12.5. The van der Waals surface area contributed by atoms with Crippen molar-refractivity contribution in [3.63, 3.8) is 0 Å². The standard InChI is InChI=1S/C23H22N2O4/c1-15-5-4-6-18(13-15)29-17-11-9-16(10-12-17)24-21(26)14-25-22(27)19-7-2-3-8-20(19)23(25)28/h2-6,9-13,19-20H,7-8,14H2,1H3,(H,24,26)/t19-,20-/m0/s1. The van der Waals surface area contributed by atoms with E-state index in [1.165, 1.54) is 0 Å². The molecular weight excluding hydrogens is 368 g/mol. The van der Waals surface area contributed by atoms with E-state index in [2.05, 4.69) is 5.32 Å². The lowest BCUT2D eigenvalue weighted by Crippen LogP contribution is -2.38. The third kappa shape index (κ3) is 4.06. The molecule has 2 aromatic rings. The molecule has 1 aliphatic heterocycles. The zero-order valence-electron chi connectivity index (χ0n) is 16.1. The van der Waals surface area contributed by atoms with Crippen LogP contribution < -0.4 is 10.1 Å². The summed E-state index contributed by atoms with van der Waals surface area (Å²) in [5, 5.41) is 2.74. The van der Waals surface area contributed by atoms with Crippen molar-refractivity contribution in [2.45, 2.75) is 19.8 Å². The number of hydrogen-bond donors (Lipinski definition) is 1. The van der Waals surface area contributed by atoms with Crippen molar-refractivity contribution in [1.82, 2.24) is 4.90 Å². The number of aryl methyl sites for hydroxylation is 1. The number of ether oxygens (including phenoxy) is 1. The SMILES string of the molecule is Cc1cccc(Oc2ccc(NC(=O)CN3C(=O)[C@H]4CC=CC[C@@H]4C3=O)cc2)c1. The summed E-state index contributed by atoms with van der Waals surface area (Å²) in [5.74, 6) is -0.149. The highest BCUT2D eigenvalue weighted by Gasteiger charge is 2.47. The molecule has 0 saturated carbocycles. The second-order valence-corrected chi connectivity index (χ2v) is 7.41. The van der Waals surface area contributed by atoms with Gasteiger partial charge >= 0.3 is 0 Å². The molecule has 0 unspecified atom stereocenters. The van der Waals surface area contributed by atoms with Crippen molar-refractivity contribution in [2.24, 2.45) is 11.8 Å². The van der Waals surface area contributed by atoms with Crippen molar-refractivity contribution >= 4 is 23.4 Å². The summed E-state index contributed by atoms with van der Waals surface area (Å²) in [4.78, 5) is 38.4. The maximum absolute atomic E-state index is 12.5. The van der Waals surface area contributed by atoms with Crippen LogP contribution in [0.4, 0.5) is 5.69 Å². The van der Waals surface area contributed by atoms with Crippen molar-refractivity contribution in [3.05, 3.63) is 66.2 Å². The number of carbonyl (C=O) groups excluding carboxylic acids is 3. The van der Waals surface area contributed by atoms with Crippen LogP contribution in [0.2, 0.25) is 0 Å². The fourth-order valence-electron chi connectivity index (χ4n) is 3.79. The molecule has 2 aliphatic rings. The highest BCUT2D eigenvalue weighted by Crippen LogP contribution is 2.34. The summed E-state index contributed by atoms with van der Waals surface area (Å²) in [5.41, 5.74) is 1.68. The summed E-state index contributed by atoms with van der Waals surface area (Å²) < 4.78 is 5.79. The van der Waals surface area contributed by atoms with Gasteiger partial charge in [0.2, 0.25) is 17.7 Å². The van der Waals surface area contributed by atoms with E-state index in [0.29, 0.717) is 24.3 Å². The molecule has 29 heavy (non-hydrogen) atoms. The zero-order chi connectivity index (χ0) is 20.4. The quantitative estimate of drug-likeness (QED) is 0.624. The van der Waals surface area contributed by atoms with Crippen LogP contribution in [-0.2, 0) is 14.4 Å². The van der Waals surface area contributed by atoms with Crippen LogP contribution >= 0.6 is 0 Å². The van der Waals surface area contributed by atoms with Gasteiger partial charge in [0.1, 0.15) is 18.0 Å². The van der Waals surface area contributed by atoms with Gasteiger partial charge in [-0.1, -0.05) is 24.3 Å². The summed E-state index contributed by atoms with van der Waals surface area (Å²) >= 11 is 0. The molecule has 0 spiro atoms. The first-order chi connectivity index (χ1) is 14.0. The van der Waals surface area contributed by atoms with Gasteiger partial charge < -0.3 is 10.1 Å². The number of carbonyl (C=O) groups is 3. The Morgan fingerprint density at radius 2 is 1.66 bits per heavy atom. The molecule has 0 radical (unpaired) electrons. The first-order valence-electron chi connectivity index (χ1n) is 9.66. The van der Waals surface area contributed by atoms with Crippen LogP contribution in [0.15, 0.2) is 60.7 Å². The Morgan fingerprint density at radius 1 is 1.00 bits per heavy atom. The van der Waals surface area contributed by atoms with Crippen molar-refractivity contribution in [2.75, 3.05) is 11.9 Å². The van der Waals surface area contributed by atoms with Crippen molar-refractivity contribution < 1.29 is 19.1 Å². The van der Waals surface area contributed by atoms with Crippen LogP contribution in [-0.4, -0.2) is 29.2 Å². The smallest absolute Gasteiger partial charge is 0.244 e. The lowest BCUT2D eigenvalue weighted by atomic mass is 9.85. The molecule has 1 saturated heterocycles. The lowest BCUT2D eigenvalue weighted by Gasteiger charge is -2.14. The normalized spacial score (nSPS) is 20.5. The van der Waals surface area contributed by atoms with Gasteiger partial charge in [0, 0.05) is 5.69 Å². The largest absolute Gasteiger partial charge is 0.457 e. The molecule has 1 fully saturated rings. The second-order valence-electron chi connectivity index (χ2n) is 7.41. The number of amides is 3. The number of nitrogens with zero attached hydrogens (tertiary/aromatic N) is 1. The zero-order valence-corrected chi connectivity index (χ0v) is 16.1. The number of benzene rings is 2. The highest BCUT2D eigenvalue weighted by atomic mass is 16.5. The third-order valence-electron chi connectivity index (χ3n) is 5.26. The van der Waals surface area contributed by atoms with E-state index in [4.69, 9.17) is 4.74 Å². The topological polar surface area (TPSA) is 75.7 Å². The van der Waals surface area contributed by atoms with E-state index in [1.807, 2.05) is 43.3 Å². The Bertz CT molecular complexity index is 955. The van der Waals surface area contributed by atoms with E-state index < -0.39 is 5.91 Å². The van der Waals surface area contributed by atoms with Gasteiger partial charge in [-0.2, -0.15) is 0 Å². The number of allylic oxidation sites excluding steroid dienone is 2. The Hall–Kier alpha value is -3.41. The van der Waals surface area contributed by atoms with Crippen LogP contribution in [0.1, 0.15) is 18.4 Å². The summed E-state index contributed by atoms with van der Waals surface area (Å²) in [6.07, 6.45) is 4.98. The molecule has 1 heterocycles. The summed E-state index contributed by atoms with van der Waals surface area (Å²) in [6, 6.07) is 14.7. The number of rotatable bonds is 5. The number of fused-ring (bicyclic) bond motifs is 1. The molecule has 6 heteroatoms. The minimum absolute atomic E-state index is 0.249. The summed E-state index contributed by atoms with van der Waals surface area (Å²) in [6.45, 7) is 1.74. The molecule has 2 atom stereocenters. The third-order valence-corrected chi connectivity index (χ3v) is 5.26. The van der Waals surface area contributed by atoms with Gasteiger partial charge in [0.05, 0.1) is 11.8 Å². The first kappa shape index (κ1) is 18.9. The van der Waals surface area contributed by atoms with Crippen LogP contribution in [0.5, 0.6) is 11.5 Å². The number of anilines is 1. The second kappa shape index (κ2) is 7.91. The van der Waals surface area contributed by atoms with Gasteiger partial charge in [0.25, 0.3) is 0 Å². The Kier molecular flexibility index (Phi) is 5.16. The highest BCUT2D eigenvalue weighted by molar-refractivity contribution is 6.08. The predicted octanol–water partition coefficient (Wildman–Crippen LogP) is 3.68. The average molecular weight is 390 g/mol. The van der Waals surface area contributed by atoms with Gasteiger partial charge in [-0.05, 0) is 61.7 Å². The van der Waals surface area contributed by atoms with E-state index in [0.717, 1.165) is 16.2 Å². The molecule has 3 amide bonds. The lowest BCUT2D eigenvalue weighted by molar-refractivity contribution is -0.142. The van der Waals surface area contributed by atoms with Gasteiger partial charge in [-0.25, -0.2) is 0 Å². The number of hydrogen-bond acceptors (Lipinski definition) is 4. The minimum Gasteiger partial charge on any atom is -0.457 e. The molecule has 0 bridgehead atoms. The number of nitrogens with one attached hydrogen (secondary N) is 1. The fourth-order valence-corrected chi connectivity index (χ4v) is 3.79. The molecule has 0 aromatic heterocycles. The van der Waals surface area contributed by atoms with E-state index in [-0.39, 0.29) is 30.2 Å². The average Bonchev–Trinajstić information content (AvgIpc) is 2.95. The monoisotopic (exact) mass is 390 g/mol. The van der Waals surface area contributed by atoms with E-state index >= 15 is 0 Å². The van der Waals surface area contributed by atoms with E-state index in [9.17, 15) is 14.4 Å². The van der Waals surface area contributed by atoms with Crippen LogP contribution in [0.25, 0.3) is 0 Å². The Balaban J connectivity index is 1.35. The molecule has 6 nitrogen and oxygen atoms in total. The molecular formula is C23H22N2O4. The molecule has 1 aliphatic carbocycles. The maximum Gasteiger partial charge on any atom is 0.244 e. The van der Waals surface area contributed by atoms with Gasteiger partial charge in [-0.3, -0.25) is 19.3 Å². The molecule has 148 valence electrons. The minimum atomic E-state index is -0.398. The van der Waals surface area contributed by atoms with Gasteiger partial charge in [-0.15, -0.1) is 0 Å². The Morgan fingerprint density at radius 3 is 2.28 bits per heavy atom. The fraction of sp³-hybridized carbons (Fsp3) is 0.261. The predicted molar refractivity (Wildman–Crippen MR) is 108 cm³/mol. The Labute approximate surface area is 169 Å². The number of likely N-dealkylation sites (tertiary alicyclic amines) is 1. The molecule has 2 aromatic carbocycles. The first-order valence-corrected chi connectivity index (χ1v) is 9.66. The van der Waals surface area contributed by atoms with E-state index in [1.54, 1.807) is 24.3 Å². The van der Waals surface area contributed by atoms with Crippen molar-refractivity contribution in [3.8, 4) is 11.5 Å². The molecule has 1 N–H and O–H groups in total. The van der Waals surface area contributed by atoms with Crippen LogP contribution in [0, 0.1) is 18.8 Å². The number of imide groups is 1. The van der Waals surface area contributed by atoms with Gasteiger partial charge in [0.15, 0.2) is 0 Å².